The van der Waals surface area contributed by atoms with Crippen LogP contribution in [-0.2, 0) is 23.8 Å². The number of amides is 1. The number of esters is 1. The lowest BCUT2D eigenvalue weighted by atomic mass is 9.99. The quantitative estimate of drug-likeness (QED) is 0.0195. The molecule has 1 saturated heterocycles. The number of unbranched alkanes of at least 4 members (excludes halogenated alkanes) is 47. The highest BCUT2D eigenvalue weighted by atomic mass is 16.7. The summed E-state index contributed by atoms with van der Waals surface area (Å²) in [6.07, 6.45) is 66.1. The predicted molar refractivity (Wildman–Crippen MR) is 343 cm³/mol. The average molecular weight is 1160 g/mol. The third kappa shape index (κ3) is 49.3. The number of carbonyl (C=O) groups excluding carboxylic acids is 2. The first-order chi connectivity index (χ1) is 40.2. The zero-order valence-electron chi connectivity index (χ0n) is 53.7. The number of allylic oxidation sites excluding steroid dienone is 3. The molecular formula is C71H135NO10. The van der Waals surface area contributed by atoms with E-state index in [1.165, 1.54) is 276 Å². The smallest absolute Gasteiger partial charge is 0.305 e. The van der Waals surface area contributed by atoms with Gasteiger partial charge in [-0.05, 0) is 57.8 Å². The highest BCUT2D eigenvalue weighted by Gasteiger charge is 2.44. The lowest BCUT2D eigenvalue weighted by Crippen LogP contribution is -2.60. The van der Waals surface area contributed by atoms with Crippen molar-refractivity contribution in [1.29, 1.82) is 0 Å². The van der Waals surface area contributed by atoms with Crippen molar-refractivity contribution in [3.63, 3.8) is 0 Å². The topological polar surface area (TPSA) is 175 Å². The number of aliphatic hydroxyl groups excluding tert-OH is 5. The summed E-state index contributed by atoms with van der Waals surface area (Å²) in [5, 5.41) is 54.4. The predicted octanol–water partition coefficient (Wildman–Crippen LogP) is 18.0. The molecule has 1 fully saturated rings. The fraction of sp³-hybridized carbons (Fsp3) is 0.915. The third-order valence-corrected chi connectivity index (χ3v) is 17.1. The molecule has 1 heterocycles. The summed E-state index contributed by atoms with van der Waals surface area (Å²) in [5.74, 6) is -0.167. The number of ether oxygens (including phenoxy) is 3. The summed E-state index contributed by atoms with van der Waals surface area (Å²) in [6.45, 7) is 4.37. The summed E-state index contributed by atoms with van der Waals surface area (Å²) in [6, 6.07) is -0.807. The van der Waals surface area contributed by atoms with E-state index in [9.17, 15) is 35.1 Å². The SMILES string of the molecule is CCCCCCCCCCC/C=C/C(O)C(COC1OC(CO)C(O)C(O)C1O)NC(=O)CCCCCCCCCCCCCCCCCC/C=C\CCCCCCCCCCCCCCOC(=O)CCCCCCCCCCCCC. The van der Waals surface area contributed by atoms with Crippen molar-refractivity contribution in [2.75, 3.05) is 19.8 Å². The first kappa shape index (κ1) is 78.2. The molecule has 11 nitrogen and oxygen atoms in total. The summed E-state index contributed by atoms with van der Waals surface area (Å²) < 4.78 is 16.7. The van der Waals surface area contributed by atoms with Gasteiger partial charge in [-0.15, -0.1) is 0 Å². The van der Waals surface area contributed by atoms with E-state index in [4.69, 9.17) is 14.2 Å². The Morgan fingerprint density at radius 1 is 0.439 bits per heavy atom. The van der Waals surface area contributed by atoms with E-state index in [-0.39, 0.29) is 18.5 Å². The van der Waals surface area contributed by atoms with E-state index < -0.39 is 49.5 Å². The van der Waals surface area contributed by atoms with Gasteiger partial charge in [-0.25, -0.2) is 0 Å². The molecule has 1 aliphatic heterocycles. The molecule has 0 saturated carbocycles. The number of aliphatic hydroxyl groups is 5. The molecule has 0 aromatic carbocycles. The van der Waals surface area contributed by atoms with Crippen LogP contribution in [0.1, 0.15) is 354 Å². The Hall–Kier alpha value is -1.86. The van der Waals surface area contributed by atoms with Crippen LogP contribution in [0.15, 0.2) is 24.3 Å². The minimum absolute atomic E-state index is 0.0108. The van der Waals surface area contributed by atoms with Crippen molar-refractivity contribution in [3.05, 3.63) is 24.3 Å². The van der Waals surface area contributed by atoms with E-state index in [1.54, 1.807) is 6.08 Å². The van der Waals surface area contributed by atoms with E-state index in [1.807, 2.05) is 6.08 Å². The summed E-state index contributed by atoms with van der Waals surface area (Å²) in [5.41, 5.74) is 0. The Bertz CT molecular complexity index is 1410. The largest absolute Gasteiger partial charge is 0.466 e. The van der Waals surface area contributed by atoms with E-state index in [2.05, 4.69) is 31.3 Å². The van der Waals surface area contributed by atoms with Gasteiger partial charge in [0.25, 0.3) is 0 Å². The number of hydrogen-bond acceptors (Lipinski definition) is 10. The molecule has 7 unspecified atom stereocenters. The number of rotatable bonds is 63. The van der Waals surface area contributed by atoms with Crippen molar-refractivity contribution in [2.45, 2.75) is 397 Å². The second-order valence-corrected chi connectivity index (χ2v) is 24.9. The Morgan fingerprint density at radius 3 is 1.17 bits per heavy atom. The number of hydrogen-bond donors (Lipinski definition) is 6. The number of nitrogens with one attached hydrogen (secondary N) is 1. The van der Waals surface area contributed by atoms with Gasteiger partial charge in [0.15, 0.2) is 6.29 Å². The van der Waals surface area contributed by atoms with Gasteiger partial charge in [-0.3, -0.25) is 9.59 Å². The molecule has 0 spiro atoms. The van der Waals surface area contributed by atoms with Crippen LogP contribution in [0.2, 0.25) is 0 Å². The lowest BCUT2D eigenvalue weighted by Gasteiger charge is -2.40. The monoisotopic (exact) mass is 1160 g/mol. The molecular weight excluding hydrogens is 1030 g/mol. The maximum absolute atomic E-state index is 13.0. The Labute approximate surface area is 505 Å². The normalized spacial score (nSPS) is 18.3. The molecule has 82 heavy (non-hydrogen) atoms. The van der Waals surface area contributed by atoms with E-state index >= 15 is 0 Å². The zero-order valence-corrected chi connectivity index (χ0v) is 53.7. The third-order valence-electron chi connectivity index (χ3n) is 17.1. The summed E-state index contributed by atoms with van der Waals surface area (Å²) in [7, 11) is 0. The van der Waals surface area contributed by atoms with Crippen LogP contribution in [0, 0.1) is 0 Å². The van der Waals surface area contributed by atoms with Crippen molar-refractivity contribution >= 4 is 11.9 Å². The molecule has 0 bridgehead atoms. The van der Waals surface area contributed by atoms with Gasteiger partial charge in [-0.1, -0.05) is 308 Å². The molecule has 1 amide bonds. The van der Waals surface area contributed by atoms with Crippen molar-refractivity contribution in [1.82, 2.24) is 5.32 Å². The highest BCUT2D eigenvalue weighted by molar-refractivity contribution is 5.76. The molecule has 0 radical (unpaired) electrons. The van der Waals surface area contributed by atoms with Gasteiger partial charge in [0, 0.05) is 12.8 Å². The van der Waals surface area contributed by atoms with Gasteiger partial charge in [0.2, 0.25) is 5.91 Å². The van der Waals surface area contributed by atoms with Crippen LogP contribution in [0.3, 0.4) is 0 Å². The van der Waals surface area contributed by atoms with Crippen molar-refractivity contribution in [3.8, 4) is 0 Å². The molecule has 0 aliphatic carbocycles. The van der Waals surface area contributed by atoms with E-state index in [0.29, 0.717) is 19.4 Å². The zero-order chi connectivity index (χ0) is 59.5. The molecule has 484 valence electrons. The fourth-order valence-electron chi connectivity index (χ4n) is 11.4. The van der Waals surface area contributed by atoms with Crippen LogP contribution >= 0.6 is 0 Å². The fourth-order valence-corrected chi connectivity index (χ4v) is 11.4. The Balaban J connectivity index is 1.94. The second kappa shape index (κ2) is 60.8. The maximum Gasteiger partial charge on any atom is 0.305 e. The van der Waals surface area contributed by atoms with E-state index in [0.717, 1.165) is 51.4 Å². The molecule has 0 aromatic heterocycles. The summed E-state index contributed by atoms with van der Waals surface area (Å²) in [4.78, 5) is 25.1. The Morgan fingerprint density at radius 2 is 0.780 bits per heavy atom. The first-order valence-corrected chi connectivity index (χ1v) is 35.6. The minimum Gasteiger partial charge on any atom is -0.466 e. The molecule has 6 N–H and O–H groups in total. The van der Waals surface area contributed by atoms with Crippen molar-refractivity contribution in [2.24, 2.45) is 0 Å². The highest BCUT2D eigenvalue weighted by Crippen LogP contribution is 2.23. The van der Waals surface area contributed by atoms with Gasteiger partial charge < -0.3 is 45.1 Å². The lowest BCUT2D eigenvalue weighted by molar-refractivity contribution is -0.302. The minimum atomic E-state index is -1.57. The molecule has 1 aliphatic rings. The molecule has 7 atom stereocenters. The molecule has 11 heteroatoms. The Kier molecular flexibility index (Phi) is 58.0. The maximum atomic E-state index is 13.0. The first-order valence-electron chi connectivity index (χ1n) is 35.6. The average Bonchev–Trinajstić information content (AvgIpc) is 3.68. The van der Waals surface area contributed by atoms with Gasteiger partial charge in [0.1, 0.15) is 24.4 Å². The van der Waals surface area contributed by atoms with Crippen LogP contribution < -0.4 is 5.32 Å². The van der Waals surface area contributed by atoms with Gasteiger partial charge in [0.05, 0.1) is 32.0 Å². The van der Waals surface area contributed by atoms with Crippen molar-refractivity contribution < 1.29 is 49.3 Å². The molecule has 0 aromatic rings. The summed E-state index contributed by atoms with van der Waals surface area (Å²) >= 11 is 0. The standard InChI is InChI=1S/C71H135NO10/c1-3-5-7-9-11-13-37-41-45-49-53-57-64(74)63(62-81-71-70(79)69(78)68(77)65(61-73)82-71)72-66(75)58-54-50-46-42-39-35-33-31-29-27-25-23-21-19-17-15-16-18-20-22-24-26-28-30-32-34-36-40-44-48-52-56-60-80-67(76)59-55-51-47-43-38-14-12-10-8-6-4-2/h18,20,53,57,63-65,68-71,73-74,77-79H,3-17,19,21-52,54-56,58-62H2,1-2H3,(H,72,75)/b20-18-,57-53+. The molecule has 1 rings (SSSR count). The van der Waals surface area contributed by atoms with Gasteiger partial charge in [-0.2, -0.15) is 0 Å². The van der Waals surface area contributed by atoms with Crippen LogP contribution in [0.4, 0.5) is 0 Å². The van der Waals surface area contributed by atoms with Crippen LogP contribution in [0.5, 0.6) is 0 Å². The van der Waals surface area contributed by atoms with Crippen LogP contribution in [0.25, 0.3) is 0 Å². The van der Waals surface area contributed by atoms with Crippen LogP contribution in [-0.4, -0.2) is 100 Å². The number of carbonyl (C=O) groups is 2. The van der Waals surface area contributed by atoms with Gasteiger partial charge >= 0.3 is 5.97 Å². The second-order valence-electron chi connectivity index (χ2n) is 24.9.